The molecule has 0 fully saturated rings. The van der Waals surface area contributed by atoms with E-state index >= 15 is 0 Å². The highest BCUT2D eigenvalue weighted by Crippen LogP contribution is 2.12. The van der Waals surface area contributed by atoms with Crippen molar-refractivity contribution in [1.82, 2.24) is 9.88 Å². The summed E-state index contributed by atoms with van der Waals surface area (Å²) in [5.74, 6) is 0.472. The molecule has 0 bridgehead atoms. The fourth-order valence-corrected chi connectivity index (χ4v) is 1.85. The van der Waals surface area contributed by atoms with Gasteiger partial charge in [0.15, 0.2) is 0 Å². The molecule has 0 aliphatic rings. The van der Waals surface area contributed by atoms with Crippen molar-refractivity contribution in [3.63, 3.8) is 0 Å². The van der Waals surface area contributed by atoms with Crippen molar-refractivity contribution in [3.05, 3.63) is 57.4 Å². The Morgan fingerprint density at radius 1 is 1.32 bits per heavy atom. The molecule has 5 nitrogen and oxygen atoms in total. The first kappa shape index (κ1) is 13.1. The Bertz CT molecular complexity index is 655. The summed E-state index contributed by atoms with van der Waals surface area (Å²) in [5.41, 5.74) is 1.45. The van der Waals surface area contributed by atoms with Crippen molar-refractivity contribution in [1.29, 1.82) is 0 Å². The number of carbonyl (C=O) groups is 1. The lowest BCUT2D eigenvalue weighted by Crippen LogP contribution is -2.31. The largest absolute Gasteiger partial charge is 0.469 e. The van der Waals surface area contributed by atoms with Gasteiger partial charge in [-0.3, -0.25) is 9.59 Å². The minimum atomic E-state index is -0.360. The molecule has 2 rings (SSSR count). The fourth-order valence-electron chi connectivity index (χ4n) is 1.85. The van der Waals surface area contributed by atoms with Crippen LogP contribution in [0.15, 0.2) is 33.7 Å². The van der Waals surface area contributed by atoms with Crippen molar-refractivity contribution in [2.24, 2.45) is 0 Å². The van der Waals surface area contributed by atoms with Crippen LogP contribution in [0.2, 0.25) is 0 Å². The van der Waals surface area contributed by atoms with Crippen LogP contribution in [-0.2, 0) is 6.54 Å². The Morgan fingerprint density at radius 2 is 2.05 bits per heavy atom. The maximum Gasteiger partial charge on any atom is 0.260 e. The minimum Gasteiger partial charge on any atom is -0.469 e. The molecule has 0 atom stereocenters. The lowest BCUT2D eigenvalue weighted by molar-refractivity contribution is 0.0783. The summed E-state index contributed by atoms with van der Waals surface area (Å²) < 4.78 is 5.18. The Hall–Kier alpha value is -2.30. The first-order valence-electron chi connectivity index (χ1n) is 5.97. The van der Waals surface area contributed by atoms with E-state index in [-0.39, 0.29) is 17.0 Å². The SMILES string of the molecule is Cc1ccc(C(=O)N(C)Cc2ccoc2C)c(=O)[nH]1. The minimum absolute atomic E-state index is 0.147. The number of amides is 1. The molecule has 2 aromatic heterocycles. The van der Waals surface area contributed by atoms with Crippen molar-refractivity contribution in [3.8, 4) is 0 Å². The van der Waals surface area contributed by atoms with Gasteiger partial charge in [0.2, 0.25) is 0 Å². The van der Waals surface area contributed by atoms with Crippen LogP contribution in [0.3, 0.4) is 0 Å². The summed E-state index contributed by atoms with van der Waals surface area (Å²) in [5, 5.41) is 0. The van der Waals surface area contributed by atoms with E-state index in [0.29, 0.717) is 6.54 Å². The van der Waals surface area contributed by atoms with Crippen LogP contribution in [-0.4, -0.2) is 22.8 Å². The quantitative estimate of drug-likeness (QED) is 0.916. The lowest BCUT2D eigenvalue weighted by atomic mass is 10.2. The van der Waals surface area contributed by atoms with Crippen molar-refractivity contribution in [2.45, 2.75) is 20.4 Å². The molecule has 0 aliphatic heterocycles. The van der Waals surface area contributed by atoms with Crippen LogP contribution < -0.4 is 5.56 Å². The third kappa shape index (κ3) is 2.76. The highest BCUT2D eigenvalue weighted by Gasteiger charge is 2.16. The van der Waals surface area contributed by atoms with Gasteiger partial charge >= 0.3 is 0 Å². The maximum absolute atomic E-state index is 12.2. The van der Waals surface area contributed by atoms with Gasteiger partial charge in [0.05, 0.1) is 6.26 Å². The zero-order chi connectivity index (χ0) is 14.0. The number of aryl methyl sites for hydroxylation is 2. The molecule has 2 heterocycles. The Labute approximate surface area is 110 Å². The normalized spacial score (nSPS) is 10.5. The topological polar surface area (TPSA) is 66.3 Å². The van der Waals surface area contributed by atoms with Gasteiger partial charge in [-0.2, -0.15) is 0 Å². The van der Waals surface area contributed by atoms with Gasteiger partial charge in [-0.1, -0.05) is 0 Å². The van der Waals surface area contributed by atoms with E-state index in [1.807, 2.05) is 13.0 Å². The van der Waals surface area contributed by atoms with Crippen molar-refractivity contribution >= 4 is 5.91 Å². The average Bonchev–Trinajstić information content (AvgIpc) is 2.74. The van der Waals surface area contributed by atoms with E-state index in [0.717, 1.165) is 17.0 Å². The van der Waals surface area contributed by atoms with Gasteiger partial charge in [-0.25, -0.2) is 0 Å². The lowest BCUT2D eigenvalue weighted by Gasteiger charge is -2.16. The van der Waals surface area contributed by atoms with Crippen molar-refractivity contribution < 1.29 is 9.21 Å². The molecule has 2 aromatic rings. The third-order valence-corrected chi connectivity index (χ3v) is 3.01. The number of hydrogen-bond acceptors (Lipinski definition) is 3. The van der Waals surface area contributed by atoms with E-state index < -0.39 is 0 Å². The predicted octanol–water partition coefficient (Wildman–Crippen LogP) is 1.86. The number of aromatic nitrogens is 1. The summed E-state index contributed by atoms with van der Waals surface area (Å²) in [6.07, 6.45) is 1.58. The third-order valence-electron chi connectivity index (χ3n) is 3.01. The molecule has 0 spiro atoms. The van der Waals surface area contributed by atoms with E-state index in [9.17, 15) is 9.59 Å². The summed E-state index contributed by atoms with van der Waals surface area (Å²) in [4.78, 5) is 28.0. The molecule has 1 amide bonds. The van der Waals surface area contributed by atoms with E-state index in [4.69, 9.17) is 4.42 Å². The van der Waals surface area contributed by atoms with Gasteiger partial charge in [0.25, 0.3) is 11.5 Å². The standard InChI is InChI=1S/C14H16N2O3/c1-9-4-5-12(13(17)15-9)14(18)16(3)8-11-6-7-19-10(11)2/h4-7H,8H2,1-3H3,(H,15,17). The smallest absolute Gasteiger partial charge is 0.260 e. The number of rotatable bonds is 3. The molecular weight excluding hydrogens is 244 g/mol. The number of aromatic amines is 1. The second-order valence-corrected chi connectivity index (χ2v) is 4.55. The second-order valence-electron chi connectivity index (χ2n) is 4.55. The molecule has 0 saturated carbocycles. The Kier molecular flexibility index (Phi) is 3.55. The van der Waals surface area contributed by atoms with E-state index in [1.165, 1.54) is 4.90 Å². The fraction of sp³-hybridized carbons (Fsp3) is 0.286. The molecule has 0 aromatic carbocycles. The van der Waals surface area contributed by atoms with Crippen LogP contribution in [0.25, 0.3) is 0 Å². The molecule has 0 unspecified atom stereocenters. The number of hydrogen-bond donors (Lipinski definition) is 1. The molecule has 0 radical (unpaired) electrons. The molecule has 100 valence electrons. The first-order valence-corrected chi connectivity index (χ1v) is 5.97. The van der Waals surface area contributed by atoms with Gasteiger partial charge in [-0.15, -0.1) is 0 Å². The van der Waals surface area contributed by atoms with Crippen LogP contribution >= 0.6 is 0 Å². The predicted molar refractivity (Wildman–Crippen MR) is 71.0 cm³/mol. The maximum atomic E-state index is 12.2. The number of nitrogens with one attached hydrogen (secondary N) is 1. The molecule has 0 aliphatic carbocycles. The molecule has 1 N–H and O–H groups in total. The van der Waals surface area contributed by atoms with E-state index in [1.54, 1.807) is 32.4 Å². The summed E-state index contributed by atoms with van der Waals surface area (Å²) in [6.45, 7) is 4.02. The number of pyridine rings is 1. The van der Waals surface area contributed by atoms with Crippen molar-refractivity contribution in [2.75, 3.05) is 7.05 Å². The van der Waals surface area contributed by atoms with Gasteiger partial charge in [0, 0.05) is 24.8 Å². The highest BCUT2D eigenvalue weighted by atomic mass is 16.3. The molecular formula is C14H16N2O3. The average molecular weight is 260 g/mol. The number of carbonyl (C=O) groups excluding carboxylic acids is 1. The zero-order valence-corrected chi connectivity index (χ0v) is 11.2. The Balaban J connectivity index is 2.20. The zero-order valence-electron chi connectivity index (χ0n) is 11.2. The van der Waals surface area contributed by atoms with Crippen LogP contribution in [0.4, 0.5) is 0 Å². The number of nitrogens with zero attached hydrogens (tertiary/aromatic N) is 1. The van der Waals surface area contributed by atoms with Crippen LogP contribution in [0, 0.1) is 13.8 Å². The monoisotopic (exact) mass is 260 g/mol. The van der Waals surface area contributed by atoms with Crippen LogP contribution in [0.5, 0.6) is 0 Å². The van der Waals surface area contributed by atoms with Gasteiger partial charge < -0.3 is 14.3 Å². The number of H-pyrrole nitrogens is 1. The molecule has 0 saturated heterocycles. The Morgan fingerprint density at radius 3 is 2.63 bits per heavy atom. The van der Waals surface area contributed by atoms with Crippen LogP contribution in [0.1, 0.15) is 27.4 Å². The summed E-state index contributed by atoms with van der Waals surface area (Å²) >= 11 is 0. The summed E-state index contributed by atoms with van der Waals surface area (Å²) in [6, 6.07) is 5.08. The van der Waals surface area contributed by atoms with E-state index in [2.05, 4.69) is 4.98 Å². The highest BCUT2D eigenvalue weighted by molar-refractivity contribution is 5.93. The van der Waals surface area contributed by atoms with Gasteiger partial charge in [0.1, 0.15) is 11.3 Å². The number of furan rings is 1. The molecule has 5 heteroatoms. The van der Waals surface area contributed by atoms with Gasteiger partial charge in [-0.05, 0) is 32.0 Å². The second kappa shape index (κ2) is 5.14. The summed E-state index contributed by atoms with van der Waals surface area (Å²) in [7, 11) is 1.66. The molecule has 19 heavy (non-hydrogen) atoms. The first-order chi connectivity index (χ1) is 8.99.